The summed E-state index contributed by atoms with van der Waals surface area (Å²) >= 11 is 0. The molecule has 1 aromatic heterocycles. The lowest BCUT2D eigenvalue weighted by atomic mass is 9.98. The molecule has 2 aliphatic rings. The normalized spacial score (nSPS) is 23.2. The van der Waals surface area contributed by atoms with Gasteiger partial charge in [0.15, 0.2) is 5.82 Å². The number of hydrogen-bond acceptors (Lipinski definition) is 5. The number of ether oxygens (including phenoxy) is 1. The third-order valence-electron chi connectivity index (χ3n) is 4.27. The van der Waals surface area contributed by atoms with Crippen molar-refractivity contribution in [3.8, 4) is 5.88 Å². The van der Waals surface area contributed by atoms with Crippen LogP contribution in [0.15, 0.2) is 12.4 Å². The van der Waals surface area contributed by atoms with Crippen LogP contribution in [0.1, 0.15) is 44.9 Å². The molecule has 1 saturated carbocycles. The lowest BCUT2D eigenvalue weighted by Crippen LogP contribution is -2.36. The van der Waals surface area contributed by atoms with Crippen molar-refractivity contribution in [1.82, 2.24) is 9.97 Å². The molecule has 0 unspecified atom stereocenters. The van der Waals surface area contributed by atoms with Crippen LogP contribution in [0, 0.1) is 0 Å². The van der Waals surface area contributed by atoms with E-state index < -0.39 is 12.0 Å². The minimum absolute atomic E-state index is 0.220. The van der Waals surface area contributed by atoms with E-state index in [1.165, 1.54) is 19.3 Å². The first kappa shape index (κ1) is 14.1. The fourth-order valence-corrected chi connectivity index (χ4v) is 3.18. The number of aliphatic carboxylic acids is 1. The Labute approximate surface area is 124 Å². The monoisotopic (exact) mass is 291 g/mol. The Morgan fingerprint density at radius 1 is 1.19 bits per heavy atom. The Kier molecular flexibility index (Phi) is 4.22. The minimum atomic E-state index is -0.798. The highest BCUT2D eigenvalue weighted by molar-refractivity contribution is 5.78. The van der Waals surface area contributed by atoms with Gasteiger partial charge in [0.05, 0.1) is 12.4 Å². The summed E-state index contributed by atoms with van der Waals surface area (Å²) < 4.78 is 5.90. The van der Waals surface area contributed by atoms with Crippen LogP contribution in [0.4, 0.5) is 5.82 Å². The van der Waals surface area contributed by atoms with Gasteiger partial charge >= 0.3 is 5.97 Å². The molecule has 0 spiro atoms. The molecular formula is C15H21N3O3. The van der Waals surface area contributed by atoms with Crippen molar-refractivity contribution in [1.29, 1.82) is 0 Å². The summed E-state index contributed by atoms with van der Waals surface area (Å²) in [6, 6.07) is -0.496. The Morgan fingerprint density at radius 2 is 2.00 bits per heavy atom. The van der Waals surface area contributed by atoms with E-state index in [4.69, 9.17) is 4.74 Å². The van der Waals surface area contributed by atoms with E-state index in [1.807, 2.05) is 4.90 Å². The standard InChI is InChI=1S/C15H21N3O3/c19-15(20)12-7-4-8-18(12)13-9-16-10-14(17-13)21-11-5-2-1-3-6-11/h9-12H,1-8H2,(H,19,20)/t12-/m1/s1. The highest BCUT2D eigenvalue weighted by Crippen LogP contribution is 2.26. The van der Waals surface area contributed by atoms with Crippen LogP contribution in [0.25, 0.3) is 0 Å². The molecule has 21 heavy (non-hydrogen) atoms. The molecule has 114 valence electrons. The third kappa shape index (κ3) is 3.25. The predicted octanol–water partition coefficient (Wildman–Crippen LogP) is 2.24. The Bertz CT molecular complexity index is 503. The second-order valence-electron chi connectivity index (χ2n) is 5.78. The number of hydrogen-bond donors (Lipinski definition) is 1. The summed E-state index contributed by atoms with van der Waals surface area (Å²) in [5, 5.41) is 9.25. The molecule has 2 heterocycles. The highest BCUT2D eigenvalue weighted by atomic mass is 16.5. The second-order valence-corrected chi connectivity index (χ2v) is 5.78. The van der Waals surface area contributed by atoms with E-state index >= 15 is 0 Å². The van der Waals surface area contributed by atoms with E-state index in [1.54, 1.807) is 12.4 Å². The maximum atomic E-state index is 11.3. The van der Waals surface area contributed by atoms with Crippen molar-refractivity contribution < 1.29 is 14.6 Å². The number of nitrogens with zero attached hydrogens (tertiary/aromatic N) is 3. The Hall–Kier alpha value is -1.85. The van der Waals surface area contributed by atoms with Gasteiger partial charge in [-0.3, -0.25) is 4.98 Å². The van der Waals surface area contributed by atoms with E-state index in [0.717, 1.165) is 19.3 Å². The summed E-state index contributed by atoms with van der Waals surface area (Å²) in [5.41, 5.74) is 0. The van der Waals surface area contributed by atoms with E-state index in [9.17, 15) is 9.90 Å². The van der Waals surface area contributed by atoms with Gasteiger partial charge in [-0.05, 0) is 38.5 Å². The summed E-state index contributed by atoms with van der Waals surface area (Å²) in [4.78, 5) is 21.7. The summed E-state index contributed by atoms with van der Waals surface area (Å²) in [6.45, 7) is 0.707. The Balaban J connectivity index is 1.71. The summed E-state index contributed by atoms with van der Waals surface area (Å²) in [7, 11) is 0. The maximum absolute atomic E-state index is 11.3. The molecule has 1 aliphatic carbocycles. The molecule has 2 fully saturated rings. The van der Waals surface area contributed by atoms with Crippen LogP contribution in [0.2, 0.25) is 0 Å². The van der Waals surface area contributed by atoms with Gasteiger partial charge in [-0.2, -0.15) is 4.98 Å². The van der Waals surface area contributed by atoms with Gasteiger partial charge < -0.3 is 14.7 Å². The molecule has 6 heteroatoms. The number of rotatable bonds is 4. The van der Waals surface area contributed by atoms with E-state index in [-0.39, 0.29) is 6.10 Å². The average Bonchev–Trinajstić information content (AvgIpc) is 2.98. The molecule has 1 N–H and O–H groups in total. The van der Waals surface area contributed by atoms with Crippen molar-refractivity contribution in [3.05, 3.63) is 12.4 Å². The van der Waals surface area contributed by atoms with E-state index in [2.05, 4.69) is 9.97 Å². The molecule has 0 amide bonds. The van der Waals surface area contributed by atoms with E-state index in [0.29, 0.717) is 24.7 Å². The summed E-state index contributed by atoms with van der Waals surface area (Å²) in [6.07, 6.45) is 10.8. The number of anilines is 1. The number of aromatic nitrogens is 2. The number of carbonyl (C=O) groups is 1. The van der Waals surface area contributed by atoms with Gasteiger partial charge in [0.2, 0.25) is 5.88 Å². The zero-order valence-electron chi connectivity index (χ0n) is 12.1. The predicted molar refractivity (Wildman–Crippen MR) is 77.5 cm³/mol. The van der Waals surface area contributed by atoms with Gasteiger partial charge in [0.25, 0.3) is 0 Å². The fraction of sp³-hybridized carbons (Fsp3) is 0.667. The van der Waals surface area contributed by atoms with Crippen LogP contribution in [0.5, 0.6) is 5.88 Å². The maximum Gasteiger partial charge on any atom is 0.326 e. The van der Waals surface area contributed by atoms with Crippen molar-refractivity contribution in [2.24, 2.45) is 0 Å². The molecule has 6 nitrogen and oxygen atoms in total. The lowest BCUT2D eigenvalue weighted by Gasteiger charge is -2.24. The van der Waals surface area contributed by atoms with Gasteiger partial charge in [-0.1, -0.05) is 6.42 Å². The second kappa shape index (κ2) is 6.28. The summed E-state index contributed by atoms with van der Waals surface area (Å²) in [5.74, 6) is 0.316. The van der Waals surface area contributed by atoms with Gasteiger partial charge in [0, 0.05) is 6.54 Å². The average molecular weight is 291 g/mol. The molecule has 0 aromatic carbocycles. The zero-order valence-corrected chi connectivity index (χ0v) is 12.1. The van der Waals surface area contributed by atoms with Crippen LogP contribution < -0.4 is 9.64 Å². The highest BCUT2D eigenvalue weighted by Gasteiger charge is 2.31. The first-order chi connectivity index (χ1) is 10.2. The van der Waals surface area contributed by atoms with Gasteiger partial charge in [-0.15, -0.1) is 0 Å². The van der Waals surface area contributed by atoms with Crippen LogP contribution in [-0.4, -0.2) is 39.7 Å². The minimum Gasteiger partial charge on any atom is -0.480 e. The molecule has 3 rings (SSSR count). The van der Waals surface area contributed by atoms with Crippen molar-refractivity contribution in [3.63, 3.8) is 0 Å². The number of carboxylic acids is 1. The first-order valence-electron chi connectivity index (χ1n) is 7.72. The molecular weight excluding hydrogens is 270 g/mol. The van der Waals surface area contributed by atoms with Crippen molar-refractivity contribution in [2.45, 2.75) is 57.1 Å². The lowest BCUT2D eigenvalue weighted by molar-refractivity contribution is -0.138. The van der Waals surface area contributed by atoms with Gasteiger partial charge in [0.1, 0.15) is 12.1 Å². The molecule has 1 atom stereocenters. The van der Waals surface area contributed by atoms with Crippen molar-refractivity contribution >= 4 is 11.8 Å². The molecule has 0 bridgehead atoms. The molecule has 0 radical (unpaired) electrons. The quantitative estimate of drug-likeness (QED) is 0.917. The SMILES string of the molecule is O=C(O)[C@H]1CCCN1c1cncc(OC2CCCCC2)n1. The zero-order chi connectivity index (χ0) is 14.7. The topological polar surface area (TPSA) is 75.5 Å². The van der Waals surface area contributed by atoms with Crippen LogP contribution in [0.3, 0.4) is 0 Å². The molecule has 1 aromatic rings. The Morgan fingerprint density at radius 3 is 2.76 bits per heavy atom. The first-order valence-corrected chi connectivity index (χ1v) is 7.72. The smallest absolute Gasteiger partial charge is 0.326 e. The third-order valence-corrected chi connectivity index (χ3v) is 4.27. The van der Waals surface area contributed by atoms with Crippen LogP contribution >= 0.6 is 0 Å². The molecule has 1 aliphatic heterocycles. The van der Waals surface area contributed by atoms with Crippen molar-refractivity contribution in [2.75, 3.05) is 11.4 Å². The molecule has 1 saturated heterocycles. The fourth-order valence-electron chi connectivity index (χ4n) is 3.18. The largest absolute Gasteiger partial charge is 0.480 e. The van der Waals surface area contributed by atoms with Crippen LogP contribution in [-0.2, 0) is 4.79 Å². The number of carboxylic acid groups (broad SMARTS) is 1. The van der Waals surface area contributed by atoms with Gasteiger partial charge in [-0.25, -0.2) is 4.79 Å².